The molecule has 3 nitrogen and oxygen atoms in total. The average molecular weight is 1200 g/mol. The van der Waals surface area contributed by atoms with E-state index in [0.29, 0.717) is 16.2 Å². The molecule has 462 valence electrons. The fourth-order valence-corrected chi connectivity index (χ4v) is 22.5. The van der Waals surface area contributed by atoms with Crippen LogP contribution >= 0.6 is 0 Å². The summed E-state index contributed by atoms with van der Waals surface area (Å²) in [7, 11) is 6.50. The van der Waals surface area contributed by atoms with Crippen LogP contribution in [0, 0.1) is 79.4 Å². The summed E-state index contributed by atoms with van der Waals surface area (Å²) in [4.78, 5) is 0. The van der Waals surface area contributed by atoms with Crippen molar-refractivity contribution >= 4 is 0 Å². The van der Waals surface area contributed by atoms with Crippen molar-refractivity contribution in [3.63, 3.8) is 0 Å². The Morgan fingerprint density at radius 2 is 0.615 bits per heavy atom. The highest BCUT2D eigenvalue weighted by atomic mass is 14.9. The number of pyridine rings is 3. The van der Waals surface area contributed by atoms with Crippen LogP contribution in [0.1, 0.15) is 149 Å². The molecule has 3 aromatic heterocycles. The van der Waals surface area contributed by atoms with E-state index < -0.39 is 0 Å². The number of hydrogen-bond donors (Lipinski definition) is 0. The zero-order valence-corrected chi connectivity index (χ0v) is 55.5. The minimum Gasteiger partial charge on any atom is -0.200 e. The molecule has 9 aromatic rings. The standard InChI is InChI=1S/C30H34N.2C29H32N/c1-21-5-3-4-6-28(21)29-12-11-27(20-31(29)2)26-9-7-22(8-10-26)16-30-17-23-13-24(18-30)15-25(14-23)19-30;1-20-6-3-4-9-27(20)28-11-10-25(19-30(28)2)24-7-5-8-26(15-24)29-16-21-12-22(17-29)14-23(13-21)18-29;1-20-5-3-4-6-27(20)28-12-9-25(19-30(28)2)24-7-10-26(11-8-24)29-16-21-13-22(17-29)15-23(14-21)18-29/h3-12,20,23-25H,13-19H2,1-2H3;3-11,15,19,21-23H,12-14,16-18H2,1-2H3;3-12,19,21-23H,13-18H2,1-2H3/q3*+1. The Morgan fingerprint density at radius 3 is 0.978 bits per heavy atom. The van der Waals surface area contributed by atoms with Gasteiger partial charge in [0.1, 0.15) is 21.1 Å². The van der Waals surface area contributed by atoms with E-state index in [1.807, 2.05) is 0 Å². The van der Waals surface area contributed by atoms with Gasteiger partial charge in [0, 0.05) is 51.6 Å². The molecule has 91 heavy (non-hydrogen) atoms. The summed E-state index contributed by atoms with van der Waals surface area (Å²) in [5.41, 5.74) is 26.0. The maximum Gasteiger partial charge on any atom is 0.212 e. The lowest BCUT2D eigenvalue weighted by atomic mass is 9.48. The molecule has 0 radical (unpaired) electrons. The number of benzene rings is 6. The van der Waals surface area contributed by atoms with Crippen LogP contribution in [-0.4, -0.2) is 0 Å². The number of aromatic nitrogens is 3. The van der Waals surface area contributed by atoms with Gasteiger partial charge in [-0.05, 0) is 299 Å². The second-order valence-electron chi connectivity index (χ2n) is 32.0. The lowest BCUT2D eigenvalue weighted by molar-refractivity contribution is -0.660. The van der Waals surface area contributed by atoms with Crippen molar-refractivity contribution in [1.29, 1.82) is 0 Å². The van der Waals surface area contributed by atoms with Crippen molar-refractivity contribution in [1.82, 2.24) is 0 Å². The molecule has 12 saturated carbocycles. The second kappa shape index (κ2) is 23.7. The van der Waals surface area contributed by atoms with Crippen molar-refractivity contribution in [3.8, 4) is 67.2 Å². The molecule has 0 unspecified atom stereocenters. The van der Waals surface area contributed by atoms with Crippen molar-refractivity contribution in [2.24, 2.45) is 79.8 Å². The Morgan fingerprint density at radius 1 is 0.297 bits per heavy atom. The Labute approximate surface area is 545 Å². The topological polar surface area (TPSA) is 11.6 Å². The summed E-state index contributed by atoms with van der Waals surface area (Å²) in [5, 5.41) is 0. The lowest BCUT2D eigenvalue weighted by Crippen LogP contribution is -2.48. The molecule has 3 heterocycles. The smallest absolute Gasteiger partial charge is 0.200 e. The van der Waals surface area contributed by atoms with E-state index >= 15 is 0 Å². The van der Waals surface area contributed by atoms with E-state index in [2.05, 4.69) is 256 Å². The van der Waals surface area contributed by atoms with E-state index in [-0.39, 0.29) is 0 Å². The van der Waals surface area contributed by atoms with Crippen molar-refractivity contribution in [2.45, 2.75) is 154 Å². The monoisotopic (exact) mass is 1200 g/mol. The van der Waals surface area contributed by atoms with Crippen LogP contribution in [0.5, 0.6) is 0 Å². The molecule has 12 aliphatic rings. The van der Waals surface area contributed by atoms with Gasteiger partial charge < -0.3 is 0 Å². The first-order valence-electron chi connectivity index (χ1n) is 35.7. The Balaban J connectivity index is 0.000000109. The quantitative estimate of drug-likeness (QED) is 0.121. The highest BCUT2D eigenvalue weighted by Crippen LogP contribution is 2.63. The first-order chi connectivity index (χ1) is 44.3. The molecule has 0 spiro atoms. The zero-order chi connectivity index (χ0) is 61.6. The third-order valence-corrected chi connectivity index (χ3v) is 25.4. The predicted octanol–water partition coefficient (Wildman–Crippen LogP) is 20.2. The largest absolute Gasteiger partial charge is 0.212 e. The van der Waals surface area contributed by atoms with E-state index in [0.717, 1.165) is 53.3 Å². The van der Waals surface area contributed by atoms with Gasteiger partial charge in [-0.25, -0.2) is 13.7 Å². The second-order valence-corrected chi connectivity index (χ2v) is 32.0. The Bertz CT molecular complexity index is 4050. The van der Waals surface area contributed by atoms with Crippen LogP contribution < -0.4 is 13.7 Å². The third kappa shape index (κ3) is 11.5. The van der Waals surface area contributed by atoms with Crippen LogP contribution in [0.3, 0.4) is 0 Å². The molecule has 0 saturated heterocycles. The number of rotatable bonds is 10. The average Bonchev–Trinajstić information content (AvgIpc) is 1.68. The van der Waals surface area contributed by atoms with Gasteiger partial charge in [-0.3, -0.25) is 0 Å². The zero-order valence-electron chi connectivity index (χ0n) is 55.5. The van der Waals surface area contributed by atoms with Crippen molar-refractivity contribution in [2.75, 3.05) is 0 Å². The van der Waals surface area contributed by atoms with Gasteiger partial charge in [-0.1, -0.05) is 127 Å². The molecular formula is C88H98N3+3. The molecule has 12 bridgehead atoms. The Hall–Kier alpha value is -7.23. The van der Waals surface area contributed by atoms with Gasteiger partial charge in [0.2, 0.25) is 17.1 Å². The fourth-order valence-electron chi connectivity index (χ4n) is 22.5. The molecule has 0 aliphatic heterocycles. The highest BCUT2D eigenvalue weighted by molar-refractivity contribution is 5.70. The summed E-state index contributed by atoms with van der Waals surface area (Å²) >= 11 is 0. The first-order valence-corrected chi connectivity index (χ1v) is 35.7. The SMILES string of the molecule is Cc1ccccc1-c1ccc(-c2ccc(C34CC5CC(CC(C5)C3)C4)cc2)c[n+]1C.Cc1ccccc1-c1ccc(-c2ccc(CC34CC5CC(CC(C5)C3)C4)cc2)c[n+]1C.Cc1ccccc1-c1ccc(-c2cccc(C34CC5CC(CC(C5)C3)C4)c2)c[n+]1C. The van der Waals surface area contributed by atoms with Gasteiger partial charge in [0.15, 0.2) is 18.6 Å². The summed E-state index contributed by atoms with van der Waals surface area (Å²) in [5.74, 6) is 9.10. The molecule has 0 N–H and O–H groups in total. The minimum absolute atomic E-state index is 0.466. The van der Waals surface area contributed by atoms with Crippen LogP contribution in [0.4, 0.5) is 0 Å². The Kier molecular flexibility index (Phi) is 15.3. The lowest BCUT2D eigenvalue weighted by Gasteiger charge is -2.57. The first kappa shape index (κ1) is 58.8. The fraction of sp³-hybridized carbons (Fsp3) is 0.420. The predicted molar refractivity (Wildman–Crippen MR) is 374 cm³/mol. The normalized spacial score (nSPS) is 29.1. The number of nitrogens with zero attached hydrogens (tertiary/aromatic N) is 3. The van der Waals surface area contributed by atoms with Crippen LogP contribution in [-0.2, 0) is 38.4 Å². The van der Waals surface area contributed by atoms with E-state index in [1.165, 1.54) is 206 Å². The molecule has 21 rings (SSSR count). The molecule has 0 amide bonds. The molecule has 0 atom stereocenters. The molecular weight excluding hydrogens is 1100 g/mol. The number of aryl methyl sites for hydroxylation is 6. The summed E-state index contributed by atoms with van der Waals surface area (Å²) in [6, 6.07) is 68.3. The molecule has 12 fully saturated rings. The molecule has 3 heteroatoms. The maximum absolute atomic E-state index is 2.52. The van der Waals surface area contributed by atoms with Crippen molar-refractivity contribution < 1.29 is 13.7 Å². The van der Waals surface area contributed by atoms with Crippen LogP contribution in [0.15, 0.2) is 201 Å². The minimum atomic E-state index is 0.466. The van der Waals surface area contributed by atoms with Crippen molar-refractivity contribution in [3.05, 3.63) is 234 Å². The summed E-state index contributed by atoms with van der Waals surface area (Å²) in [6.07, 6.45) is 35.0. The summed E-state index contributed by atoms with van der Waals surface area (Å²) < 4.78 is 6.82. The van der Waals surface area contributed by atoms with E-state index in [4.69, 9.17) is 0 Å². The van der Waals surface area contributed by atoms with Gasteiger partial charge in [-0.2, -0.15) is 0 Å². The van der Waals surface area contributed by atoms with E-state index in [1.54, 1.807) is 16.7 Å². The third-order valence-electron chi connectivity index (χ3n) is 25.4. The van der Waals surface area contributed by atoms with Gasteiger partial charge in [0.25, 0.3) is 0 Å². The summed E-state index contributed by atoms with van der Waals surface area (Å²) in [6.45, 7) is 6.57. The maximum atomic E-state index is 2.52. The number of hydrogen-bond acceptors (Lipinski definition) is 0. The highest BCUT2D eigenvalue weighted by Gasteiger charge is 2.54. The van der Waals surface area contributed by atoms with Gasteiger partial charge in [0.05, 0.1) is 0 Å². The van der Waals surface area contributed by atoms with Crippen LogP contribution in [0.2, 0.25) is 0 Å². The van der Waals surface area contributed by atoms with Crippen LogP contribution in [0.25, 0.3) is 67.2 Å². The van der Waals surface area contributed by atoms with E-state index in [9.17, 15) is 0 Å². The molecule has 6 aromatic carbocycles. The molecule has 12 aliphatic carbocycles. The van der Waals surface area contributed by atoms with Gasteiger partial charge in [-0.15, -0.1) is 0 Å². The van der Waals surface area contributed by atoms with Gasteiger partial charge >= 0.3 is 0 Å².